The van der Waals surface area contributed by atoms with Gasteiger partial charge in [-0.05, 0) is 30.3 Å². The van der Waals surface area contributed by atoms with Crippen LogP contribution in [-0.2, 0) is 0 Å². The number of pyridine rings is 2. The van der Waals surface area contributed by atoms with Gasteiger partial charge in [-0.1, -0.05) is 6.07 Å². The molecular formula is C17H14FN3O. The zero-order chi connectivity index (χ0) is 15.7. The molecule has 4 nitrogen and oxygen atoms in total. The number of aromatic nitrogens is 2. The van der Waals surface area contributed by atoms with E-state index in [0.29, 0.717) is 27.7 Å². The van der Waals surface area contributed by atoms with Gasteiger partial charge in [-0.2, -0.15) is 0 Å². The van der Waals surface area contributed by atoms with E-state index in [1.165, 1.54) is 17.2 Å². The lowest BCUT2D eigenvalue weighted by Crippen LogP contribution is -2.21. The Morgan fingerprint density at radius 2 is 1.91 bits per heavy atom. The quantitative estimate of drug-likeness (QED) is 0.729. The van der Waals surface area contributed by atoms with Gasteiger partial charge < -0.3 is 4.90 Å². The molecule has 0 spiro atoms. The van der Waals surface area contributed by atoms with Crippen LogP contribution in [0.4, 0.5) is 4.39 Å². The number of halogens is 1. The number of carbonyl (C=O) groups is 1. The molecular weight excluding hydrogens is 281 g/mol. The third kappa shape index (κ3) is 2.53. The molecule has 0 N–H and O–H groups in total. The smallest absolute Gasteiger partial charge is 0.254 e. The van der Waals surface area contributed by atoms with Crippen molar-refractivity contribution >= 4 is 16.8 Å². The van der Waals surface area contributed by atoms with Crippen molar-refractivity contribution in [3.05, 3.63) is 60.2 Å². The van der Waals surface area contributed by atoms with E-state index in [4.69, 9.17) is 0 Å². The first-order valence-electron chi connectivity index (χ1n) is 6.78. The van der Waals surface area contributed by atoms with E-state index in [-0.39, 0.29) is 11.7 Å². The Balaban J connectivity index is 2.01. The van der Waals surface area contributed by atoms with Crippen LogP contribution in [0, 0.1) is 5.82 Å². The molecule has 0 radical (unpaired) electrons. The van der Waals surface area contributed by atoms with Gasteiger partial charge in [0, 0.05) is 37.4 Å². The van der Waals surface area contributed by atoms with E-state index in [9.17, 15) is 9.18 Å². The largest absolute Gasteiger partial charge is 0.345 e. The van der Waals surface area contributed by atoms with Gasteiger partial charge in [0.25, 0.3) is 5.91 Å². The molecule has 5 heteroatoms. The van der Waals surface area contributed by atoms with E-state index < -0.39 is 0 Å². The second-order valence-electron chi connectivity index (χ2n) is 5.16. The van der Waals surface area contributed by atoms with Crippen molar-refractivity contribution in [2.45, 2.75) is 0 Å². The zero-order valence-electron chi connectivity index (χ0n) is 12.2. The summed E-state index contributed by atoms with van der Waals surface area (Å²) in [7, 11) is 3.37. The molecule has 0 fully saturated rings. The molecule has 0 saturated carbocycles. The van der Waals surface area contributed by atoms with Crippen LogP contribution in [0.5, 0.6) is 0 Å². The normalized spacial score (nSPS) is 10.7. The first-order valence-corrected chi connectivity index (χ1v) is 6.78. The van der Waals surface area contributed by atoms with Gasteiger partial charge in [0.15, 0.2) is 0 Å². The van der Waals surface area contributed by atoms with Crippen molar-refractivity contribution in [3.63, 3.8) is 0 Å². The zero-order valence-corrected chi connectivity index (χ0v) is 12.2. The van der Waals surface area contributed by atoms with Crippen LogP contribution in [0.3, 0.4) is 0 Å². The van der Waals surface area contributed by atoms with Crippen molar-refractivity contribution in [2.24, 2.45) is 0 Å². The summed E-state index contributed by atoms with van der Waals surface area (Å²) in [6.45, 7) is 0. The Bertz CT molecular complexity index is 844. The number of fused-ring (bicyclic) bond motifs is 1. The molecule has 110 valence electrons. The van der Waals surface area contributed by atoms with Gasteiger partial charge in [0.1, 0.15) is 5.82 Å². The molecule has 1 aromatic carbocycles. The lowest BCUT2D eigenvalue weighted by molar-refractivity contribution is 0.0827. The number of rotatable bonds is 2. The number of hydrogen-bond donors (Lipinski definition) is 0. The minimum absolute atomic E-state index is 0.110. The Morgan fingerprint density at radius 3 is 2.59 bits per heavy atom. The Morgan fingerprint density at radius 1 is 1.09 bits per heavy atom. The summed E-state index contributed by atoms with van der Waals surface area (Å²) in [5.74, 6) is -0.423. The van der Waals surface area contributed by atoms with Crippen molar-refractivity contribution in [2.75, 3.05) is 14.1 Å². The average Bonchev–Trinajstić information content (AvgIpc) is 2.54. The van der Waals surface area contributed by atoms with Crippen molar-refractivity contribution in [1.29, 1.82) is 0 Å². The van der Waals surface area contributed by atoms with E-state index in [0.717, 1.165) is 0 Å². The SMILES string of the molecule is CN(C)C(=O)c1ccc(-c2cnc3cccc(F)c3c2)nc1. The lowest BCUT2D eigenvalue weighted by Gasteiger charge is -2.10. The maximum absolute atomic E-state index is 13.8. The van der Waals surface area contributed by atoms with E-state index in [1.807, 2.05) is 0 Å². The first kappa shape index (κ1) is 14.1. The summed E-state index contributed by atoms with van der Waals surface area (Å²) in [6, 6.07) is 9.95. The van der Waals surface area contributed by atoms with Gasteiger partial charge in [-0.3, -0.25) is 14.8 Å². The monoisotopic (exact) mass is 295 g/mol. The number of amides is 1. The summed E-state index contributed by atoms with van der Waals surface area (Å²) >= 11 is 0. The predicted molar refractivity (Wildman–Crippen MR) is 82.9 cm³/mol. The Labute approximate surface area is 127 Å². The first-order chi connectivity index (χ1) is 10.6. The van der Waals surface area contributed by atoms with Gasteiger partial charge >= 0.3 is 0 Å². The van der Waals surface area contributed by atoms with Crippen LogP contribution < -0.4 is 0 Å². The summed E-state index contributed by atoms with van der Waals surface area (Å²) in [6.07, 6.45) is 3.17. The van der Waals surface area contributed by atoms with Crippen LogP contribution in [0.15, 0.2) is 48.8 Å². The van der Waals surface area contributed by atoms with Crippen LogP contribution in [0.1, 0.15) is 10.4 Å². The fraction of sp³-hybridized carbons (Fsp3) is 0.118. The number of carbonyl (C=O) groups excluding carboxylic acids is 1. The van der Waals surface area contributed by atoms with Gasteiger partial charge in [0.2, 0.25) is 0 Å². The third-order valence-electron chi connectivity index (χ3n) is 3.38. The van der Waals surface area contributed by atoms with E-state index in [2.05, 4.69) is 9.97 Å². The average molecular weight is 295 g/mol. The molecule has 0 saturated heterocycles. The van der Waals surface area contributed by atoms with Crippen LogP contribution >= 0.6 is 0 Å². The topological polar surface area (TPSA) is 46.1 Å². The summed E-state index contributed by atoms with van der Waals surface area (Å²) in [5, 5.41) is 0.454. The van der Waals surface area contributed by atoms with Crippen LogP contribution in [-0.4, -0.2) is 34.9 Å². The standard InChI is InChI=1S/C17H14FN3O/c1-21(2)17(22)11-6-7-15(19-9-11)12-8-13-14(18)4-3-5-16(13)20-10-12/h3-10H,1-2H3. The molecule has 0 aliphatic heterocycles. The van der Waals surface area contributed by atoms with Crippen LogP contribution in [0.2, 0.25) is 0 Å². The highest BCUT2D eigenvalue weighted by atomic mass is 19.1. The molecule has 2 aromatic heterocycles. The number of hydrogen-bond acceptors (Lipinski definition) is 3. The van der Waals surface area contributed by atoms with E-state index >= 15 is 0 Å². The minimum Gasteiger partial charge on any atom is -0.345 e. The summed E-state index contributed by atoms with van der Waals surface area (Å²) < 4.78 is 13.8. The Hall–Kier alpha value is -2.82. The van der Waals surface area contributed by atoms with Gasteiger partial charge in [-0.15, -0.1) is 0 Å². The maximum Gasteiger partial charge on any atom is 0.254 e. The Kier molecular flexibility index (Phi) is 3.55. The number of nitrogens with zero attached hydrogens (tertiary/aromatic N) is 3. The third-order valence-corrected chi connectivity index (χ3v) is 3.38. The predicted octanol–water partition coefficient (Wildman–Crippen LogP) is 3.14. The summed E-state index contributed by atoms with van der Waals surface area (Å²) in [4.78, 5) is 21.9. The highest BCUT2D eigenvalue weighted by Gasteiger charge is 2.10. The molecule has 0 aliphatic rings. The maximum atomic E-state index is 13.8. The van der Waals surface area contributed by atoms with Crippen LogP contribution in [0.25, 0.3) is 22.2 Å². The molecule has 22 heavy (non-hydrogen) atoms. The number of benzene rings is 1. The molecule has 0 aliphatic carbocycles. The minimum atomic E-state index is -0.314. The van der Waals surface area contributed by atoms with Crippen molar-refractivity contribution in [3.8, 4) is 11.3 Å². The van der Waals surface area contributed by atoms with Gasteiger partial charge in [-0.25, -0.2) is 4.39 Å². The van der Waals surface area contributed by atoms with Gasteiger partial charge in [0.05, 0.1) is 16.8 Å². The molecule has 0 bridgehead atoms. The molecule has 0 atom stereocenters. The van der Waals surface area contributed by atoms with E-state index in [1.54, 1.807) is 50.6 Å². The van der Waals surface area contributed by atoms with Crippen molar-refractivity contribution < 1.29 is 9.18 Å². The lowest BCUT2D eigenvalue weighted by atomic mass is 10.1. The molecule has 0 unspecified atom stereocenters. The molecule has 1 amide bonds. The highest BCUT2D eigenvalue weighted by Crippen LogP contribution is 2.23. The highest BCUT2D eigenvalue weighted by molar-refractivity contribution is 5.94. The second kappa shape index (κ2) is 5.52. The molecule has 3 rings (SSSR count). The fourth-order valence-corrected chi connectivity index (χ4v) is 2.20. The molecule has 3 aromatic rings. The second-order valence-corrected chi connectivity index (χ2v) is 5.16. The summed E-state index contributed by atoms with van der Waals surface area (Å²) in [5.41, 5.74) is 2.46. The fourth-order valence-electron chi connectivity index (χ4n) is 2.20. The van der Waals surface area contributed by atoms with Crippen molar-refractivity contribution in [1.82, 2.24) is 14.9 Å². The molecule has 2 heterocycles.